The Kier molecular flexibility index (Phi) is 8.25. The van der Waals surface area contributed by atoms with Crippen LogP contribution in [0.5, 0.6) is 0 Å². The van der Waals surface area contributed by atoms with E-state index >= 15 is 0 Å². The van der Waals surface area contributed by atoms with Gasteiger partial charge in [-0.25, -0.2) is 0 Å². The van der Waals surface area contributed by atoms with Crippen molar-refractivity contribution in [2.45, 2.75) is 33.7 Å². The number of rotatable bonds is 8. The molecule has 0 heterocycles. The summed E-state index contributed by atoms with van der Waals surface area (Å²) in [7, 11) is 0. The van der Waals surface area contributed by atoms with Crippen molar-refractivity contribution in [1.82, 2.24) is 5.32 Å². The third kappa shape index (κ3) is 7.39. The SMILES string of the molecule is CC(=O)C(NC(=O)CSCC(C)CN)C(C)C. The number of ketones is 1. The van der Waals surface area contributed by atoms with E-state index in [2.05, 4.69) is 12.2 Å². The maximum absolute atomic E-state index is 11.6. The first-order chi connectivity index (χ1) is 7.88. The van der Waals surface area contributed by atoms with Gasteiger partial charge in [-0.3, -0.25) is 9.59 Å². The molecule has 0 aromatic heterocycles. The molecule has 0 aliphatic carbocycles. The van der Waals surface area contributed by atoms with E-state index in [4.69, 9.17) is 5.73 Å². The second kappa shape index (κ2) is 8.53. The smallest absolute Gasteiger partial charge is 0.230 e. The van der Waals surface area contributed by atoms with E-state index < -0.39 is 0 Å². The van der Waals surface area contributed by atoms with Crippen LogP contribution >= 0.6 is 11.8 Å². The monoisotopic (exact) mass is 260 g/mol. The van der Waals surface area contributed by atoms with Crippen LogP contribution in [-0.4, -0.2) is 35.8 Å². The van der Waals surface area contributed by atoms with Crippen molar-refractivity contribution in [1.29, 1.82) is 0 Å². The minimum absolute atomic E-state index is 0.00803. The van der Waals surface area contributed by atoms with Crippen molar-refractivity contribution in [2.24, 2.45) is 17.6 Å². The minimum Gasteiger partial charge on any atom is -0.345 e. The number of hydrogen-bond donors (Lipinski definition) is 2. The van der Waals surface area contributed by atoms with Crippen LogP contribution in [0.4, 0.5) is 0 Å². The maximum atomic E-state index is 11.6. The second-order valence-corrected chi connectivity index (χ2v) is 5.79. The summed E-state index contributed by atoms with van der Waals surface area (Å²) in [5.41, 5.74) is 5.49. The van der Waals surface area contributed by atoms with Gasteiger partial charge < -0.3 is 11.1 Å². The molecule has 0 fully saturated rings. The van der Waals surface area contributed by atoms with Crippen LogP contribution in [0.1, 0.15) is 27.7 Å². The molecule has 0 spiro atoms. The summed E-state index contributed by atoms with van der Waals surface area (Å²) >= 11 is 1.56. The van der Waals surface area contributed by atoms with Crippen molar-refractivity contribution in [3.05, 3.63) is 0 Å². The van der Waals surface area contributed by atoms with Gasteiger partial charge in [0.05, 0.1) is 11.8 Å². The first-order valence-electron chi connectivity index (χ1n) is 5.96. The molecular formula is C12H24N2O2S. The predicted molar refractivity (Wildman–Crippen MR) is 73.0 cm³/mol. The molecular weight excluding hydrogens is 236 g/mol. The third-order valence-electron chi connectivity index (χ3n) is 2.46. The molecule has 5 heteroatoms. The molecule has 0 aromatic carbocycles. The van der Waals surface area contributed by atoms with E-state index in [1.807, 2.05) is 13.8 Å². The summed E-state index contributed by atoms with van der Waals surface area (Å²) in [6.45, 7) is 8.05. The van der Waals surface area contributed by atoms with Crippen LogP contribution < -0.4 is 11.1 Å². The van der Waals surface area contributed by atoms with E-state index in [0.717, 1.165) is 5.75 Å². The van der Waals surface area contributed by atoms with Crippen molar-refractivity contribution in [3.63, 3.8) is 0 Å². The summed E-state index contributed by atoms with van der Waals surface area (Å²) in [4.78, 5) is 22.9. The van der Waals surface area contributed by atoms with E-state index in [-0.39, 0.29) is 23.7 Å². The van der Waals surface area contributed by atoms with Crippen LogP contribution in [0.25, 0.3) is 0 Å². The number of nitrogens with two attached hydrogens (primary N) is 1. The summed E-state index contributed by atoms with van der Waals surface area (Å²) in [5.74, 6) is 1.74. The van der Waals surface area contributed by atoms with Gasteiger partial charge in [0.25, 0.3) is 0 Å². The first kappa shape index (κ1) is 16.4. The van der Waals surface area contributed by atoms with Gasteiger partial charge in [-0.1, -0.05) is 20.8 Å². The Bertz CT molecular complexity index is 257. The van der Waals surface area contributed by atoms with E-state index in [0.29, 0.717) is 18.2 Å². The fourth-order valence-corrected chi connectivity index (χ4v) is 2.30. The van der Waals surface area contributed by atoms with Crippen LogP contribution in [-0.2, 0) is 9.59 Å². The van der Waals surface area contributed by atoms with Crippen LogP contribution in [0.3, 0.4) is 0 Å². The van der Waals surface area contributed by atoms with E-state index in [1.54, 1.807) is 11.8 Å². The zero-order chi connectivity index (χ0) is 13.4. The third-order valence-corrected chi connectivity index (χ3v) is 3.73. The molecule has 0 aromatic rings. The molecule has 0 radical (unpaired) electrons. The zero-order valence-corrected chi connectivity index (χ0v) is 12.0. The lowest BCUT2D eigenvalue weighted by molar-refractivity contribution is -0.126. The lowest BCUT2D eigenvalue weighted by Gasteiger charge is -2.19. The Morgan fingerprint density at radius 2 is 1.88 bits per heavy atom. The van der Waals surface area contributed by atoms with Crippen molar-refractivity contribution < 1.29 is 9.59 Å². The van der Waals surface area contributed by atoms with Gasteiger partial charge in [-0.2, -0.15) is 11.8 Å². The van der Waals surface area contributed by atoms with Gasteiger partial charge in [0.15, 0.2) is 5.78 Å². The quantitative estimate of drug-likeness (QED) is 0.684. The summed E-state index contributed by atoms with van der Waals surface area (Å²) in [6.07, 6.45) is 0. The average molecular weight is 260 g/mol. The number of nitrogens with one attached hydrogen (secondary N) is 1. The highest BCUT2D eigenvalue weighted by Gasteiger charge is 2.20. The highest BCUT2D eigenvalue weighted by atomic mass is 32.2. The van der Waals surface area contributed by atoms with Crippen molar-refractivity contribution in [3.8, 4) is 0 Å². The fourth-order valence-electron chi connectivity index (χ4n) is 1.37. The minimum atomic E-state index is -0.366. The van der Waals surface area contributed by atoms with E-state index in [1.165, 1.54) is 6.92 Å². The molecule has 0 saturated heterocycles. The number of thioether (sulfide) groups is 1. The molecule has 0 aliphatic rings. The molecule has 1 amide bonds. The molecule has 0 saturated carbocycles. The molecule has 100 valence electrons. The molecule has 0 rings (SSSR count). The van der Waals surface area contributed by atoms with Gasteiger partial charge in [0, 0.05) is 0 Å². The van der Waals surface area contributed by atoms with Crippen molar-refractivity contribution >= 4 is 23.5 Å². The molecule has 2 unspecified atom stereocenters. The van der Waals surface area contributed by atoms with E-state index in [9.17, 15) is 9.59 Å². The standard InChI is InChI=1S/C12H24N2O2S/c1-8(2)12(10(4)15)14-11(16)7-17-6-9(3)5-13/h8-9,12H,5-7,13H2,1-4H3,(H,14,16). The van der Waals surface area contributed by atoms with Crippen molar-refractivity contribution in [2.75, 3.05) is 18.1 Å². The molecule has 2 atom stereocenters. The Balaban J connectivity index is 3.95. The van der Waals surface area contributed by atoms with Gasteiger partial charge >= 0.3 is 0 Å². The molecule has 0 bridgehead atoms. The second-order valence-electron chi connectivity index (χ2n) is 4.76. The maximum Gasteiger partial charge on any atom is 0.230 e. The predicted octanol–water partition coefficient (Wildman–Crippen LogP) is 1.04. The highest BCUT2D eigenvalue weighted by Crippen LogP contribution is 2.08. The first-order valence-corrected chi connectivity index (χ1v) is 7.11. The summed E-state index contributed by atoms with van der Waals surface area (Å²) in [6, 6.07) is -0.366. The van der Waals surface area contributed by atoms with Crippen LogP contribution in [0, 0.1) is 11.8 Å². The number of amides is 1. The largest absolute Gasteiger partial charge is 0.345 e. The van der Waals surface area contributed by atoms with Gasteiger partial charge in [-0.15, -0.1) is 0 Å². The van der Waals surface area contributed by atoms with Crippen LogP contribution in [0.2, 0.25) is 0 Å². The molecule has 17 heavy (non-hydrogen) atoms. The average Bonchev–Trinajstić information content (AvgIpc) is 2.24. The number of hydrogen-bond acceptors (Lipinski definition) is 4. The number of carbonyl (C=O) groups is 2. The molecule has 4 nitrogen and oxygen atoms in total. The lowest BCUT2D eigenvalue weighted by atomic mass is 10.0. The van der Waals surface area contributed by atoms with Gasteiger partial charge in [0.1, 0.15) is 0 Å². The van der Waals surface area contributed by atoms with Gasteiger partial charge in [0.2, 0.25) is 5.91 Å². The topological polar surface area (TPSA) is 72.2 Å². The molecule has 3 N–H and O–H groups in total. The Morgan fingerprint density at radius 1 is 1.29 bits per heavy atom. The molecule has 0 aliphatic heterocycles. The number of carbonyl (C=O) groups excluding carboxylic acids is 2. The zero-order valence-electron chi connectivity index (χ0n) is 11.2. The summed E-state index contributed by atoms with van der Waals surface area (Å²) < 4.78 is 0. The Morgan fingerprint density at radius 3 is 2.29 bits per heavy atom. The Labute approximate surface area is 108 Å². The summed E-state index contributed by atoms with van der Waals surface area (Å²) in [5, 5.41) is 2.77. The normalized spacial score (nSPS) is 14.5. The number of Topliss-reactive ketones (excluding diaryl/α,β-unsaturated/α-hetero) is 1. The fraction of sp³-hybridized carbons (Fsp3) is 0.833. The lowest BCUT2D eigenvalue weighted by Crippen LogP contribution is -2.44. The van der Waals surface area contributed by atoms with Gasteiger partial charge in [-0.05, 0) is 31.1 Å². The Hall–Kier alpha value is -0.550. The van der Waals surface area contributed by atoms with Crippen LogP contribution in [0.15, 0.2) is 0 Å². The highest BCUT2D eigenvalue weighted by molar-refractivity contribution is 7.99.